The van der Waals surface area contributed by atoms with Crippen LogP contribution in [0.4, 0.5) is 10.1 Å². The van der Waals surface area contributed by atoms with Crippen LogP contribution in [0.25, 0.3) is 22.0 Å². The molecule has 1 aromatic heterocycles. The number of fused-ring (bicyclic) bond motifs is 1. The molecule has 0 aliphatic rings. The molecule has 2 aromatic carbocycles. The molecule has 1 radical (unpaired) electrons. The lowest BCUT2D eigenvalue weighted by Crippen LogP contribution is -2.24. The van der Waals surface area contributed by atoms with Gasteiger partial charge in [0, 0.05) is 35.8 Å². The number of benzene rings is 2. The number of hydrogen-bond donors (Lipinski definition) is 1. The van der Waals surface area contributed by atoms with E-state index in [2.05, 4.69) is 0 Å². The topological polar surface area (TPSA) is 103 Å². The number of aromatic nitrogens is 1. The number of allylic oxidation sites excluding steroid dienone is 1. The van der Waals surface area contributed by atoms with Crippen LogP contribution < -0.4 is 10.0 Å². The lowest BCUT2D eigenvalue weighted by molar-refractivity contribution is 0.0697. The quantitative estimate of drug-likeness (QED) is 0.598. The molecule has 0 unspecified atom stereocenters. The largest absolute Gasteiger partial charge is 0.478 e. The van der Waals surface area contributed by atoms with Crippen LogP contribution in [0.1, 0.15) is 16.1 Å². The number of carboxylic acids is 1. The van der Waals surface area contributed by atoms with E-state index in [1.54, 1.807) is 41.8 Å². The van der Waals surface area contributed by atoms with Gasteiger partial charge < -0.3 is 9.67 Å². The van der Waals surface area contributed by atoms with E-state index in [0.717, 1.165) is 10.6 Å². The summed E-state index contributed by atoms with van der Waals surface area (Å²) in [6.45, 7) is 1.53. The van der Waals surface area contributed by atoms with Gasteiger partial charge in [-0.3, -0.25) is 10.0 Å². The summed E-state index contributed by atoms with van der Waals surface area (Å²) in [6, 6.07) is 11.5. The van der Waals surface area contributed by atoms with Crippen LogP contribution in [0.3, 0.4) is 0 Å². The van der Waals surface area contributed by atoms with Gasteiger partial charge >= 0.3 is 5.97 Å². The summed E-state index contributed by atoms with van der Waals surface area (Å²) in [4.78, 5) is 11.5. The molecule has 0 aliphatic heterocycles. The zero-order valence-electron chi connectivity index (χ0n) is 17.4. The van der Waals surface area contributed by atoms with Gasteiger partial charge in [-0.2, -0.15) is 0 Å². The van der Waals surface area contributed by atoms with Crippen molar-refractivity contribution in [3.8, 4) is 11.1 Å². The highest BCUT2D eigenvalue weighted by atomic mass is 32.2. The second-order valence-electron chi connectivity index (χ2n) is 7.22. The van der Waals surface area contributed by atoms with E-state index in [-0.39, 0.29) is 18.7 Å². The number of nitrogens with one attached hydrogen (secondary N) is 1. The van der Waals surface area contributed by atoms with E-state index >= 15 is 0 Å². The number of carbonyl (C=O) groups is 1. The first-order valence-electron chi connectivity index (χ1n) is 9.44. The Morgan fingerprint density at radius 1 is 1.26 bits per heavy atom. The van der Waals surface area contributed by atoms with Gasteiger partial charge in [-0.1, -0.05) is 12.1 Å². The number of carboxylic acid groups (broad SMARTS) is 1. The van der Waals surface area contributed by atoms with Crippen LogP contribution in [-0.4, -0.2) is 43.9 Å². The molecule has 7 nitrogen and oxygen atoms in total. The molecule has 0 bridgehead atoms. The first-order chi connectivity index (χ1) is 14.5. The standard InChI is InChI=1S/C22H23FN3O4S/c1-14-21(15-5-4-6-18(11-15)25(2)31(3,29)30)19-12-16(22(27)28)7-8-20(19)26(14)13-17(23)9-10-24/h4-9,11-12,24H,10,13H2,1-3H3,(H,27,28)/b17-9-. The van der Waals surface area contributed by atoms with Crippen LogP contribution in [0.5, 0.6) is 0 Å². The lowest BCUT2D eigenvalue weighted by atomic mass is 10.0. The van der Waals surface area contributed by atoms with Gasteiger partial charge in [0.15, 0.2) is 0 Å². The Hall–Kier alpha value is -3.17. The van der Waals surface area contributed by atoms with Gasteiger partial charge in [0.2, 0.25) is 10.0 Å². The predicted octanol–water partition coefficient (Wildman–Crippen LogP) is 3.85. The average molecular weight is 445 g/mol. The van der Waals surface area contributed by atoms with Crippen molar-refractivity contribution >= 4 is 32.6 Å². The van der Waals surface area contributed by atoms with Crippen molar-refractivity contribution in [2.45, 2.75) is 13.5 Å². The van der Waals surface area contributed by atoms with E-state index in [1.165, 1.54) is 25.3 Å². The highest BCUT2D eigenvalue weighted by Crippen LogP contribution is 2.37. The van der Waals surface area contributed by atoms with Gasteiger partial charge in [-0.25, -0.2) is 17.6 Å². The molecule has 0 saturated carbocycles. The highest BCUT2D eigenvalue weighted by molar-refractivity contribution is 7.92. The van der Waals surface area contributed by atoms with Crippen LogP contribution in [0.15, 0.2) is 54.4 Å². The number of halogens is 1. The minimum absolute atomic E-state index is 0.0867. The van der Waals surface area contributed by atoms with Crippen molar-refractivity contribution in [2.75, 3.05) is 24.2 Å². The number of hydrogen-bond acceptors (Lipinski definition) is 3. The first kappa shape index (κ1) is 22.5. The SMILES string of the molecule is Cc1c(-c2cccc(N(C)S(C)(=O)=O)c2)c2cc(C(=O)O)ccc2n1C/C(F)=C/C[NH]. The molecular weight excluding hydrogens is 421 g/mol. The van der Waals surface area contributed by atoms with Gasteiger partial charge in [-0.05, 0) is 48.9 Å². The molecule has 0 fully saturated rings. The smallest absolute Gasteiger partial charge is 0.335 e. The molecule has 0 spiro atoms. The Kier molecular flexibility index (Phi) is 6.19. The fourth-order valence-electron chi connectivity index (χ4n) is 3.56. The summed E-state index contributed by atoms with van der Waals surface area (Å²) < 4.78 is 41.1. The zero-order valence-corrected chi connectivity index (χ0v) is 18.2. The summed E-state index contributed by atoms with van der Waals surface area (Å²) in [6.07, 6.45) is 2.29. The van der Waals surface area contributed by atoms with Crippen molar-refractivity contribution in [2.24, 2.45) is 0 Å². The molecule has 3 rings (SSSR count). The number of anilines is 1. The van der Waals surface area contributed by atoms with Crippen molar-refractivity contribution in [1.29, 1.82) is 0 Å². The summed E-state index contributed by atoms with van der Waals surface area (Å²) in [5, 5.41) is 10.1. The van der Waals surface area contributed by atoms with Crippen LogP contribution in [0, 0.1) is 6.92 Å². The Morgan fingerprint density at radius 2 is 1.97 bits per heavy atom. The van der Waals surface area contributed by atoms with Crippen LogP contribution >= 0.6 is 0 Å². The van der Waals surface area contributed by atoms with Crippen LogP contribution in [-0.2, 0) is 16.6 Å². The number of rotatable bonds is 7. The molecular formula is C22H23FN3O4S. The van der Waals surface area contributed by atoms with Gasteiger partial charge in [0.1, 0.15) is 5.83 Å². The molecule has 31 heavy (non-hydrogen) atoms. The second kappa shape index (κ2) is 8.52. The molecule has 0 amide bonds. The fourth-order valence-corrected chi connectivity index (χ4v) is 4.05. The first-order valence-corrected chi connectivity index (χ1v) is 11.3. The van der Waals surface area contributed by atoms with E-state index in [9.17, 15) is 22.7 Å². The molecule has 0 atom stereocenters. The Bertz CT molecular complexity index is 1300. The molecule has 3 aromatic rings. The summed E-state index contributed by atoms with van der Waals surface area (Å²) in [7, 11) is -2.01. The summed E-state index contributed by atoms with van der Waals surface area (Å²) in [5.41, 5.74) is 10.5. The zero-order chi connectivity index (χ0) is 22.9. The van der Waals surface area contributed by atoms with Gasteiger partial charge in [0.25, 0.3) is 0 Å². The van der Waals surface area contributed by atoms with E-state index in [0.29, 0.717) is 33.4 Å². The normalized spacial score (nSPS) is 12.4. The molecule has 9 heteroatoms. The minimum atomic E-state index is -3.47. The Morgan fingerprint density at radius 3 is 2.58 bits per heavy atom. The number of sulfonamides is 1. The minimum Gasteiger partial charge on any atom is -0.478 e. The molecule has 1 heterocycles. The fraction of sp³-hybridized carbons (Fsp3) is 0.227. The molecule has 2 N–H and O–H groups in total. The third-order valence-corrected chi connectivity index (χ3v) is 6.40. The van der Waals surface area contributed by atoms with Gasteiger partial charge in [-0.15, -0.1) is 0 Å². The Balaban J connectivity index is 2.29. The van der Waals surface area contributed by atoms with E-state index < -0.39 is 21.8 Å². The Labute approximate surface area is 180 Å². The van der Waals surface area contributed by atoms with Crippen molar-refractivity contribution in [3.05, 3.63) is 65.6 Å². The molecule has 0 aliphatic carbocycles. The molecule has 0 saturated heterocycles. The molecule has 163 valence electrons. The number of aromatic carboxylic acids is 1. The predicted molar refractivity (Wildman–Crippen MR) is 119 cm³/mol. The van der Waals surface area contributed by atoms with Crippen molar-refractivity contribution in [1.82, 2.24) is 10.3 Å². The maximum atomic E-state index is 14.3. The van der Waals surface area contributed by atoms with Gasteiger partial charge in [0.05, 0.1) is 24.1 Å². The average Bonchev–Trinajstić information content (AvgIpc) is 2.97. The maximum absolute atomic E-state index is 14.3. The summed E-state index contributed by atoms with van der Waals surface area (Å²) >= 11 is 0. The van der Waals surface area contributed by atoms with E-state index in [4.69, 9.17) is 5.73 Å². The number of nitrogens with zero attached hydrogens (tertiary/aromatic N) is 2. The maximum Gasteiger partial charge on any atom is 0.335 e. The van der Waals surface area contributed by atoms with Crippen LogP contribution in [0.2, 0.25) is 0 Å². The van der Waals surface area contributed by atoms with Crippen molar-refractivity contribution in [3.63, 3.8) is 0 Å². The third-order valence-electron chi connectivity index (χ3n) is 5.20. The lowest BCUT2D eigenvalue weighted by Gasteiger charge is -2.17. The third kappa shape index (κ3) is 4.47. The van der Waals surface area contributed by atoms with Crippen molar-refractivity contribution < 1.29 is 22.7 Å². The summed E-state index contributed by atoms with van der Waals surface area (Å²) in [5.74, 6) is -1.54. The van der Waals surface area contributed by atoms with E-state index in [1.807, 2.05) is 0 Å². The highest BCUT2D eigenvalue weighted by Gasteiger charge is 2.20. The second-order valence-corrected chi connectivity index (χ2v) is 9.23. The monoisotopic (exact) mass is 444 g/mol.